The predicted molar refractivity (Wildman–Crippen MR) is 107 cm³/mol. The average molecular weight is 382 g/mol. The Hall–Kier alpha value is -3.02. The minimum absolute atomic E-state index is 0.0108. The largest absolute Gasteiger partial charge is 0.467 e. The number of nitrogens with zero attached hydrogens (tertiary/aromatic N) is 1. The standard InChI is InChI=1S/C22H26N2O4/c1-27-21(25)20(23-22(26)28-16-17-8-4-2-5-9-17)18-12-14-24(15-13-18)19-10-6-3-7-11-19/h2-11,18,20H,12-16H2,1H3,(H,23,26). The van der Waals surface area contributed by atoms with E-state index in [4.69, 9.17) is 9.47 Å². The van der Waals surface area contributed by atoms with Crippen molar-refractivity contribution in [1.29, 1.82) is 0 Å². The van der Waals surface area contributed by atoms with Crippen molar-refractivity contribution in [2.24, 2.45) is 5.92 Å². The number of anilines is 1. The number of methoxy groups -OCH3 is 1. The molecule has 1 unspecified atom stereocenters. The Morgan fingerprint density at radius 1 is 1.04 bits per heavy atom. The first-order chi connectivity index (χ1) is 13.7. The van der Waals surface area contributed by atoms with Gasteiger partial charge in [0.2, 0.25) is 0 Å². The summed E-state index contributed by atoms with van der Waals surface area (Å²) >= 11 is 0. The third-order valence-electron chi connectivity index (χ3n) is 5.07. The summed E-state index contributed by atoms with van der Waals surface area (Å²) in [6.07, 6.45) is 0.964. The molecule has 6 heteroatoms. The number of amides is 1. The molecule has 1 fully saturated rings. The highest BCUT2D eigenvalue weighted by Crippen LogP contribution is 2.25. The zero-order valence-corrected chi connectivity index (χ0v) is 16.0. The van der Waals surface area contributed by atoms with Gasteiger partial charge in [-0.3, -0.25) is 0 Å². The van der Waals surface area contributed by atoms with Crippen LogP contribution in [0.4, 0.5) is 10.5 Å². The molecule has 0 radical (unpaired) electrons. The number of alkyl carbamates (subject to hydrolysis) is 1. The van der Waals surface area contributed by atoms with Crippen molar-refractivity contribution in [3.05, 3.63) is 66.2 Å². The Morgan fingerprint density at radius 3 is 2.25 bits per heavy atom. The summed E-state index contributed by atoms with van der Waals surface area (Å²) < 4.78 is 10.2. The summed E-state index contributed by atoms with van der Waals surface area (Å²) in [6.45, 7) is 1.80. The average Bonchev–Trinajstić information content (AvgIpc) is 2.77. The maximum absolute atomic E-state index is 12.3. The fourth-order valence-electron chi connectivity index (χ4n) is 3.52. The molecule has 2 aromatic rings. The van der Waals surface area contributed by atoms with Crippen LogP contribution in [0, 0.1) is 5.92 Å². The van der Waals surface area contributed by atoms with E-state index in [1.54, 1.807) is 0 Å². The number of hydrogen-bond acceptors (Lipinski definition) is 5. The Labute approximate surface area is 165 Å². The number of rotatable bonds is 6. The van der Waals surface area contributed by atoms with E-state index in [2.05, 4.69) is 22.3 Å². The molecular formula is C22H26N2O4. The first kappa shape index (κ1) is 19.7. The molecule has 0 saturated carbocycles. The van der Waals surface area contributed by atoms with Gasteiger partial charge < -0.3 is 19.7 Å². The van der Waals surface area contributed by atoms with E-state index in [9.17, 15) is 9.59 Å². The molecule has 2 aromatic carbocycles. The van der Waals surface area contributed by atoms with Gasteiger partial charge in [0.1, 0.15) is 12.6 Å². The molecule has 6 nitrogen and oxygen atoms in total. The lowest BCUT2D eigenvalue weighted by Crippen LogP contribution is -2.50. The number of carbonyl (C=O) groups is 2. The van der Waals surface area contributed by atoms with Crippen molar-refractivity contribution >= 4 is 17.7 Å². The van der Waals surface area contributed by atoms with E-state index in [0.29, 0.717) is 0 Å². The number of benzene rings is 2. The highest BCUT2D eigenvalue weighted by molar-refractivity contribution is 5.81. The summed E-state index contributed by atoms with van der Waals surface area (Å²) in [7, 11) is 1.34. The summed E-state index contributed by atoms with van der Waals surface area (Å²) in [6, 6.07) is 18.9. The third-order valence-corrected chi connectivity index (χ3v) is 5.07. The topological polar surface area (TPSA) is 67.9 Å². The molecule has 1 N–H and O–H groups in total. The normalized spacial score (nSPS) is 15.5. The van der Waals surface area contributed by atoms with Crippen LogP contribution in [-0.4, -0.2) is 38.3 Å². The van der Waals surface area contributed by atoms with Crippen LogP contribution in [-0.2, 0) is 20.9 Å². The number of para-hydroxylation sites is 1. The van der Waals surface area contributed by atoms with Gasteiger partial charge in [-0.1, -0.05) is 48.5 Å². The maximum atomic E-state index is 12.3. The number of hydrogen-bond donors (Lipinski definition) is 1. The molecule has 3 rings (SSSR count). The molecule has 1 amide bonds. The Morgan fingerprint density at radius 2 is 1.64 bits per heavy atom. The van der Waals surface area contributed by atoms with Crippen molar-refractivity contribution in [2.45, 2.75) is 25.5 Å². The van der Waals surface area contributed by atoms with Gasteiger partial charge in [-0.25, -0.2) is 9.59 Å². The zero-order chi connectivity index (χ0) is 19.8. The fourth-order valence-corrected chi connectivity index (χ4v) is 3.52. The van der Waals surface area contributed by atoms with Crippen molar-refractivity contribution in [3.8, 4) is 0 Å². The van der Waals surface area contributed by atoms with Crippen molar-refractivity contribution in [3.63, 3.8) is 0 Å². The van der Waals surface area contributed by atoms with E-state index in [1.165, 1.54) is 12.8 Å². The maximum Gasteiger partial charge on any atom is 0.408 e. The van der Waals surface area contributed by atoms with Crippen LogP contribution >= 0.6 is 0 Å². The monoisotopic (exact) mass is 382 g/mol. The molecule has 0 aliphatic carbocycles. The second-order valence-electron chi connectivity index (χ2n) is 6.87. The summed E-state index contributed by atoms with van der Waals surface area (Å²) in [5.41, 5.74) is 2.06. The minimum atomic E-state index is -0.703. The van der Waals surface area contributed by atoms with E-state index in [0.717, 1.165) is 31.5 Å². The van der Waals surface area contributed by atoms with Crippen LogP contribution in [0.5, 0.6) is 0 Å². The number of ether oxygens (including phenoxy) is 2. The second-order valence-corrected chi connectivity index (χ2v) is 6.87. The van der Waals surface area contributed by atoms with Gasteiger partial charge in [0, 0.05) is 18.8 Å². The van der Waals surface area contributed by atoms with Crippen LogP contribution in [0.25, 0.3) is 0 Å². The Bertz CT molecular complexity index is 759. The number of esters is 1. The van der Waals surface area contributed by atoms with Crippen LogP contribution in [0.3, 0.4) is 0 Å². The van der Waals surface area contributed by atoms with Gasteiger partial charge in [-0.05, 0) is 36.5 Å². The molecule has 0 spiro atoms. The van der Waals surface area contributed by atoms with Crippen molar-refractivity contribution in [1.82, 2.24) is 5.32 Å². The van der Waals surface area contributed by atoms with Crippen LogP contribution < -0.4 is 10.2 Å². The lowest BCUT2D eigenvalue weighted by molar-refractivity contribution is -0.144. The first-order valence-corrected chi connectivity index (χ1v) is 9.52. The smallest absolute Gasteiger partial charge is 0.408 e. The van der Waals surface area contributed by atoms with Gasteiger partial charge in [0.25, 0.3) is 0 Å². The molecule has 148 valence electrons. The second kappa shape index (κ2) is 9.78. The summed E-state index contributed by atoms with van der Waals surface area (Å²) in [5, 5.41) is 2.71. The van der Waals surface area contributed by atoms with E-state index in [1.807, 2.05) is 48.5 Å². The molecule has 1 aliphatic heterocycles. The third kappa shape index (κ3) is 5.25. The van der Waals surface area contributed by atoms with E-state index in [-0.39, 0.29) is 12.5 Å². The molecule has 0 aromatic heterocycles. The Balaban J connectivity index is 1.55. The first-order valence-electron chi connectivity index (χ1n) is 9.52. The predicted octanol–water partition coefficient (Wildman–Crippen LogP) is 3.37. The Kier molecular flexibility index (Phi) is 6.89. The molecular weight excluding hydrogens is 356 g/mol. The number of carbonyl (C=O) groups excluding carboxylic acids is 2. The quantitative estimate of drug-likeness (QED) is 0.776. The summed E-state index contributed by atoms with van der Waals surface area (Å²) in [5.74, 6) is -0.425. The molecule has 1 atom stereocenters. The highest BCUT2D eigenvalue weighted by atomic mass is 16.6. The lowest BCUT2D eigenvalue weighted by atomic mass is 9.89. The molecule has 1 saturated heterocycles. The van der Waals surface area contributed by atoms with Crippen molar-refractivity contribution < 1.29 is 19.1 Å². The fraction of sp³-hybridized carbons (Fsp3) is 0.364. The van der Waals surface area contributed by atoms with Gasteiger partial charge >= 0.3 is 12.1 Å². The SMILES string of the molecule is COC(=O)C(NC(=O)OCc1ccccc1)C1CCN(c2ccccc2)CC1. The van der Waals surface area contributed by atoms with Gasteiger partial charge in [-0.15, -0.1) is 0 Å². The van der Waals surface area contributed by atoms with E-state index >= 15 is 0 Å². The zero-order valence-electron chi connectivity index (χ0n) is 16.0. The van der Waals surface area contributed by atoms with Gasteiger partial charge in [0.05, 0.1) is 7.11 Å². The molecule has 0 bridgehead atoms. The van der Waals surface area contributed by atoms with Gasteiger partial charge in [0.15, 0.2) is 0 Å². The van der Waals surface area contributed by atoms with Crippen LogP contribution in [0.1, 0.15) is 18.4 Å². The lowest BCUT2D eigenvalue weighted by Gasteiger charge is -2.36. The molecule has 28 heavy (non-hydrogen) atoms. The molecule has 1 heterocycles. The highest BCUT2D eigenvalue weighted by Gasteiger charge is 2.34. The number of nitrogens with one attached hydrogen (secondary N) is 1. The number of piperidine rings is 1. The minimum Gasteiger partial charge on any atom is -0.467 e. The van der Waals surface area contributed by atoms with Gasteiger partial charge in [-0.2, -0.15) is 0 Å². The summed E-state index contributed by atoms with van der Waals surface area (Å²) in [4.78, 5) is 26.8. The van der Waals surface area contributed by atoms with E-state index < -0.39 is 18.1 Å². The van der Waals surface area contributed by atoms with Crippen LogP contribution in [0.2, 0.25) is 0 Å². The van der Waals surface area contributed by atoms with Crippen molar-refractivity contribution in [2.75, 3.05) is 25.1 Å². The molecule has 1 aliphatic rings. The van der Waals surface area contributed by atoms with Crippen LogP contribution in [0.15, 0.2) is 60.7 Å².